The Balaban J connectivity index is 0.00000420. The third kappa shape index (κ3) is 9.16. The van der Waals surface area contributed by atoms with Gasteiger partial charge < -0.3 is 25.2 Å². The van der Waals surface area contributed by atoms with E-state index in [4.69, 9.17) is 4.74 Å². The molecule has 164 valence electrons. The molecule has 0 spiro atoms. The topological polar surface area (TPSA) is 69.2 Å². The minimum absolute atomic E-state index is 0. The number of hydrogen-bond donors (Lipinski definition) is 2. The van der Waals surface area contributed by atoms with Crippen LogP contribution in [-0.4, -0.2) is 76.3 Å². The summed E-state index contributed by atoms with van der Waals surface area (Å²) in [4.78, 5) is 20.7. The lowest BCUT2D eigenvalue weighted by Gasteiger charge is -2.36. The molecule has 1 fully saturated rings. The predicted molar refractivity (Wildman–Crippen MR) is 126 cm³/mol. The van der Waals surface area contributed by atoms with Crippen LogP contribution in [0.25, 0.3) is 0 Å². The summed E-state index contributed by atoms with van der Waals surface area (Å²) in [6.07, 6.45) is 1.34. The average molecular weight is 521 g/mol. The van der Waals surface area contributed by atoms with Crippen LogP contribution in [0.2, 0.25) is 0 Å². The molecule has 0 bridgehead atoms. The molecule has 0 radical (unpaired) electrons. The summed E-state index contributed by atoms with van der Waals surface area (Å²) < 4.78 is 18.3. The second-order valence-electron chi connectivity index (χ2n) is 6.57. The van der Waals surface area contributed by atoms with E-state index in [2.05, 4.69) is 20.5 Å². The van der Waals surface area contributed by atoms with E-state index < -0.39 is 0 Å². The summed E-state index contributed by atoms with van der Waals surface area (Å²) in [7, 11) is 1.72. The molecule has 2 rings (SSSR count). The number of ether oxygens (including phenoxy) is 1. The number of anilines is 1. The molecule has 29 heavy (non-hydrogen) atoms. The Bertz CT molecular complexity index is 622. The lowest BCUT2D eigenvalue weighted by Crippen LogP contribution is -2.49. The van der Waals surface area contributed by atoms with Crippen LogP contribution in [0.1, 0.15) is 19.8 Å². The van der Waals surface area contributed by atoms with E-state index >= 15 is 0 Å². The minimum atomic E-state index is -0.233. The van der Waals surface area contributed by atoms with E-state index in [0.717, 1.165) is 45.0 Å². The fourth-order valence-corrected chi connectivity index (χ4v) is 3.06. The number of guanidine groups is 1. The Hall–Kier alpha value is -1.62. The Morgan fingerprint density at radius 2 is 1.79 bits per heavy atom. The van der Waals surface area contributed by atoms with E-state index in [9.17, 15) is 9.18 Å². The third-order valence-electron chi connectivity index (χ3n) is 4.64. The van der Waals surface area contributed by atoms with Gasteiger partial charge in [0.15, 0.2) is 5.96 Å². The number of carbonyl (C=O) groups is 1. The number of halogens is 2. The van der Waals surface area contributed by atoms with Gasteiger partial charge in [-0.2, -0.15) is 0 Å². The van der Waals surface area contributed by atoms with Gasteiger partial charge in [-0.25, -0.2) is 4.39 Å². The van der Waals surface area contributed by atoms with Gasteiger partial charge >= 0.3 is 0 Å². The number of hydrogen-bond acceptors (Lipinski definition) is 4. The van der Waals surface area contributed by atoms with Crippen LogP contribution in [0.4, 0.5) is 10.1 Å². The van der Waals surface area contributed by atoms with Crippen LogP contribution >= 0.6 is 24.0 Å². The normalized spacial score (nSPS) is 14.4. The van der Waals surface area contributed by atoms with Crippen LogP contribution in [0, 0.1) is 5.82 Å². The molecule has 1 saturated heterocycles. The van der Waals surface area contributed by atoms with Crippen molar-refractivity contribution < 1.29 is 13.9 Å². The van der Waals surface area contributed by atoms with Gasteiger partial charge in [0, 0.05) is 71.6 Å². The number of benzene rings is 1. The Labute approximate surface area is 190 Å². The molecule has 1 aromatic rings. The molecular weight excluding hydrogens is 488 g/mol. The standard InChI is InChI=1S/C20H32FN5O2.HI/c1-3-28-16-4-10-23-20(22-2)24-11-9-19(27)26-14-12-25(13-15-26)18-7-5-17(21)6-8-18;/h5-8H,3-4,9-16H2,1-2H3,(H2,22,23,24);1H. The Kier molecular flexibility index (Phi) is 12.6. The summed E-state index contributed by atoms with van der Waals surface area (Å²) in [5.41, 5.74) is 0.995. The first-order valence-corrected chi connectivity index (χ1v) is 9.94. The van der Waals surface area contributed by atoms with Crippen molar-refractivity contribution in [3.05, 3.63) is 30.1 Å². The zero-order valence-corrected chi connectivity index (χ0v) is 19.7. The molecule has 1 aromatic carbocycles. The molecule has 0 saturated carbocycles. The summed E-state index contributed by atoms with van der Waals surface area (Å²) in [5, 5.41) is 6.39. The minimum Gasteiger partial charge on any atom is -0.382 e. The SMILES string of the molecule is CCOCCCNC(=NC)NCCC(=O)N1CCN(c2ccc(F)cc2)CC1.I. The van der Waals surface area contributed by atoms with E-state index in [1.54, 1.807) is 19.2 Å². The number of amides is 1. The van der Waals surface area contributed by atoms with Gasteiger partial charge in [-0.15, -0.1) is 24.0 Å². The molecule has 2 N–H and O–H groups in total. The van der Waals surface area contributed by atoms with Gasteiger partial charge in [0.1, 0.15) is 5.82 Å². The molecule has 1 aliphatic heterocycles. The summed E-state index contributed by atoms with van der Waals surface area (Å²) in [5.74, 6) is 0.604. The van der Waals surface area contributed by atoms with Crippen LogP contribution in [0.5, 0.6) is 0 Å². The van der Waals surface area contributed by atoms with Crippen molar-refractivity contribution in [2.24, 2.45) is 4.99 Å². The van der Waals surface area contributed by atoms with Crippen molar-refractivity contribution in [2.45, 2.75) is 19.8 Å². The van der Waals surface area contributed by atoms with Crippen molar-refractivity contribution in [1.82, 2.24) is 15.5 Å². The summed E-state index contributed by atoms with van der Waals surface area (Å²) in [6.45, 7) is 7.63. The first-order valence-electron chi connectivity index (χ1n) is 9.94. The predicted octanol–water partition coefficient (Wildman–Crippen LogP) is 2.07. The number of aliphatic imine (C=N–C) groups is 1. The number of nitrogens with one attached hydrogen (secondary N) is 2. The molecule has 1 amide bonds. The zero-order valence-electron chi connectivity index (χ0n) is 17.3. The number of nitrogens with zero attached hydrogens (tertiary/aromatic N) is 3. The van der Waals surface area contributed by atoms with E-state index in [1.807, 2.05) is 11.8 Å². The maximum Gasteiger partial charge on any atom is 0.224 e. The highest BCUT2D eigenvalue weighted by Crippen LogP contribution is 2.17. The maximum absolute atomic E-state index is 13.0. The fourth-order valence-electron chi connectivity index (χ4n) is 3.06. The molecule has 0 atom stereocenters. The van der Waals surface area contributed by atoms with Crippen molar-refractivity contribution in [3.63, 3.8) is 0 Å². The lowest BCUT2D eigenvalue weighted by molar-refractivity contribution is -0.131. The zero-order chi connectivity index (χ0) is 20.2. The quantitative estimate of drug-likeness (QED) is 0.226. The van der Waals surface area contributed by atoms with Crippen LogP contribution in [-0.2, 0) is 9.53 Å². The van der Waals surface area contributed by atoms with Gasteiger partial charge in [0.25, 0.3) is 0 Å². The molecule has 0 aromatic heterocycles. The van der Waals surface area contributed by atoms with Gasteiger partial charge in [-0.05, 0) is 37.6 Å². The number of carbonyl (C=O) groups excluding carboxylic acids is 1. The highest BCUT2D eigenvalue weighted by atomic mass is 127. The molecule has 1 aliphatic rings. The van der Waals surface area contributed by atoms with E-state index in [1.165, 1.54) is 12.1 Å². The van der Waals surface area contributed by atoms with Gasteiger partial charge in [-0.3, -0.25) is 9.79 Å². The van der Waals surface area contributed by atoms with Crippen LogP contribution in [0.3, 0.4) is 0 Å². The second kappa shape index (κ2) is 14.4. The number of rotatable bonds is 9. The summed E-state index contributed by atoms with van der Waals surface area (Å²) >= 11 is 0. The average Bonchev–Trinajstić information content (AvgIpc) is 2.73. The lowest BCUT2D eigenvalue weighted by atomic mass is 10.2. The van der Waals surface area contributed by atoms with Crippen molar-refractivity contribution in [3.8, 4) is 0 Å². The molecule has 0 aliphatic carbocycles. The Morgan fingerprint density at radius 1 is 1.14 bits per heavy atom. The first-order chi connectivity index (χ1) is 13.6. The van der Waals surface area contributed by atoms with Crippen LogP contribution < -0.4 is 15.5 Å². The third-order valence-corrected chi connectivity index (χ3v) is 4.64. The van der Waals surface area contributed by atoms with Crippen molar-refractivity contribution >= 4 is 41.5 Å². The first kappa shape index (κ1) is 25.4. The van der Waals surface area contributed by atoms with Gasteiger partial charge in [0.2, 0.25) is 5.91 Å². The van der Waals surface area contributed by atoms with Gasteiger partial charge in [0.05, 0.1) is 0 Å². The highest BCUT2D eigenvalue weighted by molar-refractivity contribution is 14.0. The molecular formula is C20H33FIN5O2. The molecule has 7 nitrogen and oxygen atoms in total. The largest absolute Gasteiger partial charge is 0.382 e. The van der Waals surface area contributed by atoms with E-state index in [0.29, 0.717) is 32.0 Å². The van der Waals surface area contributed by atoms with Crippen molar-refractivity contribution in [2.75, 3.05) is 64.4 Å². The Morgan fingerprint density at radius 3 is 2.41 bits per heavy atom. The summed E-state index contributed by atoms with van der Waals surface area (Å²) in [6, 6.07) is 6.50. The smallest absolute Gasteiger partial charge is 0.224 e. The molecule has 0 unspecified atom stereocenters. The van der Waals surface area contributed by atoms with Gasteiger partial charge in [-0.1, -0.05) is 0 Å². The second-order valence-corrected chi connectivity index (χ2v) is 6.57. The molecule has 9 heteroatoms. The van der Waals surface area contributed by atoms with Crippen molar-refractivity contribution in [1.29, 1.82) is 0 Å². The fraction of sp³-hybridized carbons (Fsp3) is 0.600. The molecule has 1 heterocycles. The van der Waals surface area contributed by atoms with E-state index in [-0.39, 0.29) is 35.7 Å². The maximum atomic E-state index is 13.0. The highest BCUT2D eigenvalue weighted by Gasteiger charge is 2.21. The van der Waals surface area contributed by atoms with Crippen LogP contribution in [0.15, 0.2) is 29.3 Å². The monoisotopic (exact) mass is 521 g/mol. The number of piperazine rings is 1.